The van der Waals surface area contributed by atoms with Crippen LogP contribution in [0.1, 0.15) is 232 Å². The zero-order valence-electron chi connectivity index (χ0n) is 29.3. The maximum Gasteiger partial charge on any atom is 0.306 e. The summed E-state index contributed by atoms with van der Waals surface area (Å²) in [5.41, 5.74) is 0. The summed E-state index contributed by atoms with van der Waals surface area (Å²) < 4.78 is 5.94. The summed E-state index contributed by atoms with van der Waals surface area (Å²) in [6, 6.07) is 0. The number of rotatable bonds is 36. The molecule has 1 N–H and O–H groups in total. The van der Waals surface area contributed by atoms with Crippen molar-refractivity contribution in [2.45, 2.75) is 238 Å². The maximum atomic E-state index is 12.6. The summed E-state index contributed by atoms with van der Waals surface area (Å²) in [7, 11) is 0. The van der Waals surface area contributed by atoms with Crippen molar-refractivity contribution in [1.82, 2.24) is 0 Å². The van der Waals surface area contributed by atoms with Crippen LogP contribution in [0.5, 0.6) is 0 Å². The maximum absolute atomic E-state index is 12.6. The van der Waals surface area contributed by atoms with E-state index in [4.69, 9.17) is 9.84 Å². The van der Waals surface area contributed by atoms with Gasteiger partial charge in [0.05, 0.1) is 0 Å². The van der Waals surface area contributed by atoms with E-state index < -0.39 is 5.97 Å². The van der Waals surface area contributed by atoms with E-state index in [1.807, 2.05) is 0 Å². The van der Waals surface area contributed by atoms with Gasteiger partial charge in [-0.3, -0.25) is 9.59 Å². The molecule has 4 heteroatoms. The Morgan fingerprint density at radius 1 is 0.419 bits per heavy atom. The number of hydrogen-bond donors (Lipinski definition) is 1. The van der Waals surface area contributed by atoms with E-state index in [0.717, 1.165) is 44.9 Å². The molecule has 0 aromatic rings. The average Bonchev–Trinajstić information content (AvgIpc) is 2.99. The van der Waals surface area contributed by atoms with Gasteiger partial charge >= 0.3 is 11.9 Å². The summed E-state index contributed by atoms with van der Waals surface area (Å²) in [6.45, 7) is 4.56. The molecule has 0 heterocycles. The van der Waals surface area contributed by atoms with Gasteiger partial charge in [-0.1, -0.05) is 181 Å². The van der Waals surface area contributed by atoms with Crippen molar-refractivity contribution in [3.05, 3.63) is 0 Å². The largest absolute Gasteiger partial charge is 0.481 e. The van der Waals surface area contributed by atoms with Crippen molar-refractivity contribution in [1.29, 1.82) is 0 Å². The average molecular weight is 609 g/mol. The standard InChI is InChI=1S/C39H76O4/c1-3-5-7-9-11-13-15-17-19-21-23-25-27-32-36-39(42)43-37(34-30-28-31-35-38(40)41)33-29-26-24-22-20-18-16-14-12-10-8-6-4-2/h37H,3-36H2,1-2H3,(H,40,41). The highest BCUT2D eigenvalue weighted by atomic mass is 16.5. The molecule has 0 aliphatic carbocycles. The Hall–Kier alpha value is -1.06. The first-order valence-corrected chi connectivity index (χ1v) is 19.5. The normalized spacial score (nSPS) is 12.0. The van der Waals surface area contributed by atoms with Gasteiger partial charge < -0.3 is 9.84 Å². The highest BCUT2D eigenvalue weighted by Crippen LogP contribution is 2.19. The Bertz CT molecular complexity index is 576. The highest BCUT2D eigenvalue weighted by Gasteiger charge is 2.14. The minimum atomic E-state index is -0.719. The first-order valence-electron chi connectivity index (χ1n) is 19.5. The molecular weight excluding hydrogens is 532 g/mol. The fourth-order valence-corrected chi connectivity index (χ4v) is 6.19. The zero-order chi connectivity index (χ0) is 31.5. The van der Waals surface area contributed by atoms with Gasteiger partial charge in [0.25, 0.3) is 0 Å². The van der Waals surface area contributed by atoms with Gasteiger partial charge in [0.2, 0.25) is 0 Å². The molecule has 1 unspecified atom stereocenters. The molecule has 1 atom stereocenters. The van der Waals surface area contributed by atoms with Gasteiger partial charge in [-0.05, 0) is 38.5 Å². The number of carbonyl (C=O) groups is 2. The second-order valence-corrected chi connectivity index (χ2v) is 13.5. The summed E-state index contributed by atoms with van der Waals surface area (Å²) in [6.07, 6.45) is 41.1. The van der Waals surface area contributed by atoms with Crippen LogP contribution in [-0.2, 0) is 14.3 Å². The molecule has 0 saturated heterocycles. The third-order valence-corrected chi connectivity index (χ3v) is 9.08. The number of ether oxygens (including phenoxy) is 1. The first-order chi connectivity index (χ1) is 21.1. The van der Waals surface area contributed by atoms with E-state index in [2.05, 4.69) is 13.8 Å². The Morgan fingerprint density at radius 3 is 1.05 bits per heavy atom. The van der Waals surface area contributed by atoms with E-state index in [9.17, 15) is 9.59 Å². The predicted octanol–water partition coefficient (Wildman–Crippen LogP) is 13.3. The van der Waals surface area contributed by atoms with Crippen LogP contribution in [0.25, 0.3) is 0 Å². The number of aliphatic carboxylic acids is 1. The minimum absolute atomic E-state index is 0.0108. The van der Waals surface area contributed by atoms with Crippen LogP contribution >= 0.6 is 0 Å². The van der Waals surface area contributed by atoms with E-state index in [1.54, 1.807) is 0 Å². The number of carboxylic acid groups (broad SMARTS) is 1. The molecule has 0 spiro atoms. The lowest BCUT2D eigenvalue weighted by Gasteiger charge is -2.18. The molecule has 0 amide bonds. The van der Waals surface area contributed by atoms with Crippen LogP contribution in [-0.4, -0.2) is 23.1 Å². The summed E-state index contributed by atoms with van der Waals surface area (Å²) in [5.74, 6) is -0.743. The predicted molar refractivity (Wildman–Crippen MR) is 186 cm³/mol. The van der Waals surface area contributed by atoms with Crippen molar-refractivity contribution in [2.24, 2.45) is 0 Å². The lowest BCUT2D eigenvalue weighted by molar-refractivity contribution is -0.150. The number of carbonyl (C=O) groups excluding carboxylic acids is 1. The molecule has 4 nitrogen and oxygen atoms in total. The van der Waals surface area contributed by atoms with Crippen LogP contribution in [0.2, 0.25) is 0 Å². The molecular formula is C39H76O4. The van der Waals surface area contributed by atoms with Gasteiger partial charge in [-0.25, -0.2) is 0 Å². The van der Waals surface area contributed by atoms with Crippen LogP contribution in [0.15, 0.2) is 0 Å². The van der Waals surface area contributed by atoms with Gasteiger partial charge in [0.1, 0.15) is 6.10 Å². The lowest BCUT2D eigenvalue weighted by atomic mass is 10.0. The number of esters is 1. The molecule has 0 aromatic carbocycles. The van der Waals surface area contributed by atoms with Crippen molar-refractivity contribution in [2.75, 3.05) is 0 Å². The number of hydrogen-bond acceptors (Lipinski definition) is 3. The van der Waals surface area contributed by atoms with Crippen molar-refractivity contribution >= 4 is 11.9 Å². The molecule has 0 aliphatic rings. The molecule has 0 aliphatic heterocycles. The molecule has 0 saturated carbocycles. The molecule has 256 valence electrons. The fraction of sp³-hybridized carbons (Fsp3) is 0.949. The highest BCUT2D eigenvalue weighted by molar-refractivity contribution is 5.69. The lowest BCUT2D eigenvalue weighted by Crippen LogP contribution is -2.18. The molecule has 0 radical (unpaired) electrons. The summed E-state index contributed by atoms with van der Waals surface area (Å²) >= 11 is 0. The quantitative estimate of drug-likeness (QED) is 0.0567. The molecule has 0 aromatic heterocycles. The molecule has 0 bridgehead atoms. The number of unbranched alkanes of at least 4 members (excludes halogenated alkanes) is 27. The smallest absolute Gasteiger partial charge is 0.306 e. The van der Waals surface area contributed by atoms with E-state index in [-0.39, 0.29) is 18.5 Å². The van der Waals surface area contributed by atoms with Crippen LogP contribution in [0, 0.1) is 0 Å². The third-order valence-electron chi connectivity index (χ3n) is 9.08. The van der Waals surface area contributed by atoms with Crippen molar-refractivity contribution < 1.29 is 19.4 Å². The second kappa shape index (κ2) is 35.4. The van der Waals surface area contributed by atoms with E-state index in [1.165, 1.54) is 154 Å². The Balaban J connectivity index is 3.90. The molecule has 43 heavy (non-hydrogen) atoms. The first kappa shape index (κ1) is 41.9. The SMILES string of the molecule is CCCCCCCCCCCCCCCCC(=O)OC(CCCCCCCCCCCCCCC)CCCCCC(=O)O. The van der Waals surface area contributed by atoms with Crippen LogP contribution in [0.3, 0.4) is 0 Å². The summed E-state index contributed by atoms with van der Waals surface area (Å²) in [4.78, 5) is 23.4. The Kier molecular flexibility index (Phi) is 34.5. The van der Waals surface area contributed by atoms with Gasteiger partial charge in [0.15, 0.2) is 0 Å². The van der Waals surface area contributed by atoms with Crippen LogP contribution < -0.4 is 0 Å². The third kappa shape index (κ3) is 35.3. The van der Waals surface area contributed by atoms with Crippen LogP contribution in [0.4, 0.5) is 0 Å². The molecule has 0 rings (SSSR count). The Morgan fingerprint density at radius 2 is 0.698 bits per heavy atom. The number of carboxylic acids is 1. The van der Waals surface area contributed by atoms with E-state index in [0.29, 0.717) is 12.8 Å². The monoisotopic (exact) mass is 609 g/mol. The van der Waals surface area contributed by atoms with Crippen molar-refractivity contribution in [3.63, 3.8) is 0 Å². The summed E-state index contributed by atoms with van der Waals surface area (Å²) in [5, 5.41) is 8.88. The van der Waals surface area contributed by atoms with Gasteiger partial charge in [-0.2, -0.15) is 0 Å². The van der Waals surface area contributed by atoms with E-state index >= 15 is 0 Å². The zero-order valence-corrected chi connectivity index (χ0v) is 29.3. The van der Waals surface area contributed by atoms with Gasteiger partial charge in [-0.15, -0.1) is 0 Å². The van der Waals surface area contributed by atoms with Crippen molar-refractivity contribution in [3.8, 4) is 0 Å². The topological polar surface area (TPSA) is 63.6 Å². The van der Waals surface area contributed by atoms with Gasteiger partial charge in [0, 0.05) is 12.8 Å². The minimum Gasteiger partial charge on any atom is -0.481 e. The molecule has 0 fully saturated rings. The fourth-order valence-electron chi connectivity index (χ4n) is 6.19. The Labute approximate surface area is 269 Å². The second-order valence-electron chi connectivity index (χ2n) is 13.5.